The van der Waals surface area contributed by atoms with Crippen LogP contribution in [0.5, 0.6) is 0 Å². The first-order chi connectivity index (χ1) is 9.69. The minimum Gasteiger partial charge on any atom is -0.316 e. The highest BCUT2D eigenvalue weighted by Gasteiger charge is 2.12. The van der Waals surface area contributed by atoms with Gasteiger partial charge in [-0.15, -0.1) is 0 Å². The summed E-state index contributed by atoms with van der Waals surface area (Å²) in [7, 11) is 2.09. The third kappa shape index (κ3) is 4.49. The SMILES string of the molecule is CNC(CC1=CCCCC1)Cc1ccc(C(C)C)cc1. The molecular formula is C19H29N. The summed E-state index contributed by atoms with van der Waals surface area (Å²) in [5.74, 6) is 0.622. The topological polar surface area (TPSA) is 12.0 Å². The Morgan fingerprint density at radius 3 is 2.35 bits per heavy atom. The number of rotatable bonds is 6. The maximum Gasteiger partial charge on any atom is 0.0142 e. The Labute approximate surface area is 124 Å². The molecule has 1 aliphatic rings. The van der Waals surface area contributed by atoms with Gasteiger partial charge in [-0.25, -0.2) is 0 Å². The lowest BCUT2D eigenvalue weighted by atomic mass is 9.91. The van der Waals surface area contributed by atoms with Crippen LogP contribution in [0, 0.1) is 0 Å². The second-order valence-electron chi connectivity index (χ2n) is 6.40. The highest BCUT2D eigenvalue weighted by atomic mass is 14.9. The summed E-state index contributed by atoms with van der Waals surface area (Å²) in [6, 6.07) is 9.74. The molecule has 2 rings (SSSR count). The summed E-state index contributed by atoms with van der Waals surface area (Å²) in [6.07, 6.45) is 10.2. The number of allylic oxidation sites excluding steroid dienone is 1. The first-order valence-electron chi connectivity index (χ1n) is 8.13. The maximum atomic E-state index is 3.49. The van der Waals surface area contributed by atoms with E-state index in [1.807, 2.05) is 0 Å². The summed E-state index contributed by atoms with van der Waals surface area (Å²) in [4.78, 5) is 0. The van der Waals surface area contributed by atoms with E-state index in [-0.39, 0.29) is 0 Å². The highest BCUT2D eigenvalue weighted by molar-refractivity contribution is 5.25. The van der Waals surface area contributed by atoms with E-state index in [2.05, 4.69) is 56.6 Å². The molecule has 0 spiro atoms. The Hall–Kier alpha value is -1.08. The molecule has 1 unspecified atom stereocenters. The predicted molar refractivity (Wildman–Crippen MR) is 88.3 cm³/mol. The normalized spacial score (nSPS) is 17.1. The Morgan fingerprint density at radius 2 is 1.80 bits per heavy atom. The molecule has 0 aliphatic heterocycles. The van der Waals surface area contributed by atoms with Crippen molar-refractivity contribution in [3.05, 3.63) is 47.0 Å². The zero-order valence-corrected chi connectivity index (χ0v) is 13.3. The molecule has 1 aromatic carbocycles. The van der Waals surface area contributed by atoms with Crippen LogP contribution in [0.25, 0.3) is 0 Å². The van der Waals surface area contributed by atoms with Gasteiger partial charge in [0, 0.05) is 6.04 Å². The van der Waals surface area contributed by atoms with E-state index in [1.54, 1.807) is 5.57 Å². The molecule has 1 heteroatoms. The zero-order valence-electron chi connectivity index (χ0n) is 13.3. The maximum absolute atomic E-state index is 3.49. The largest absolute Gasteiger partial charge is 0.316 e. The van der Waals surface area contributed by atoms with Gasteiger partial charge >= 0.3 is 0 Å². The Bertz CT molecular complexity index is 428. The minimum absolute atomic E-state index is 0.573. The van der Waals surface area contributed by atoms with Crippen molar-refractivity contribution in [3.63, 3.8) is 0 Å². The van der Waals surface area contributed by atoms with Gasteiger partial charge in [0.25, 0.3) is 0 Å². The van der Waals surface area contributed by atoms with Gasteiger partial charge in [-0.2, -0.15) is 0 Å². The highest BCUT2D eigenvalue weighted by Crippen LogP contribution is 2.23. The van der Waals surface area contributed by atoms with Crippen molar-refractivity contribution < 1.29 is 0 Å². The number of hydrogen-bond acceptors (Lipinski definition) is 1. The first kappa shape index (κ1) is 15.3. The standard InChI is InChI=1S/C19H29N/c1-15(2)18-11-9-17(10-12-18)14-19(20-3)13-16-7-5-4-6-8-16/h7,9-12,15,19-20H,4-6,8,13-14H2,1-3H3. The van der Waals surface area contributed by atoms with Gasteiger partial charge in [0.05, 0.1) is 0 Å². The molecule has 0 fully saturated rings. The summed E-state index contributed by atoms with van der Waals surface area (Å²) in [6.45, 7) is 4.50. The Morgan fingerprint density at radius 1 is 1.05 bits per heavy atom. The Kier molecular flexibility index (Phi) is 5.85. The molecule has 110 valence electrons. The van der Waals surface area contributed by atoms with Crippen molar-refractivity contribution in [2.45, 2.75) is 64.3 Å². The molecule has 1 nitrogen and oxygen atoms in total. The summed E-state index contributed by atoms with van der Waals surface area (Å²) >= 11 is 0. The fraction of sp³-hybridized carbons (Fsp3) is 0.579. The van der Waals surface area contributed by atoms with Gasteiger partial charge in [-0.3, -0.25) is 0 Å². The van der Waals surface area contributed by atoms with Gasteiger partial charge < -0.3 is 5.32 Å². The van der Waals surface area contributed by atoms with Gasteiger partial charge in [0.1, 0.15) is 0 Å². The second-order valence-corrected chi connectivity index (χ2v) is 6.40. The predicted octanol–water partition coefficient (Wildman–Crippen LogP) is 4.83. The number of nitrogens with one attached hydrogen (secondary N) is 1. The molecule has 0 amide bonds. The molecule has 0 saturated heterocycles. The number of likely N-dealkylation sites (N-methyl/N-ethyl adjacent to an activating group) is 1. The van der Waals surface area contributed by atoms with Crippen LogP contribution >= 0.6 is 0 Å². The molecule has 0 radical (unpaired) electrons. The van der Waals surface area contributed by atoms with Crippen molar-refractivity contribution >= 4 is 0 Å². The van der Waals surface area contributed by atoms with Gasteiger partial charge in [-0.1, -0.05) is 49.8 Å². The van der Waals surface area contributed by atoms with Crippen molar-refractivity contribution in [1.82, 2.24) is 5.32 Å². The van der Waals surface area contributed by atoms with E-state index in [1.165, 1.54) is 43.2 Å². The fourth-order valence-corrected chi connectivity index (χ4v) is 3.01. The molecule has 0 aromatic heterocycles. The molecule has 1 aliphatic carbocycles. The molecule has 0 saturated carbocycles. The lowest BCUT2D eigenvalue weighted by Gasteiger charge is -2.20. The molecule has 0 bridgehead atoms. The summed E-state index contributed by atoms with van der Waals surface area (Å²) in [5.41, 5.74) is 4.55. The molecule has 0 heterocycles. The second kappa shape index (κ2) is 7.64. The lowest BCUT2D eigenvalue weighted by molar-refractivity contribution is 0.532. The average molecular weight is 271 g/mol. The van der Waals surface area contributed by atoms with Crippen molar-refractivity contribution in [2.24, 2.45) is 0 Å². The van der Waals surface area contributed by atoms with Crippen LogP contribution < -0.4 is 5.32 Å². The number of hydrogen-bond donors (Lipinski definition) is 1. The van der Waals surface area contributed by atoms with E-state index in [0.717, 1.165) is 6.42 Å². The summed E-state index contributed by atoms with van der Waals surface area (Å²) < 4.78 is 0. The van der Waals surface area contributed by atoms with Crippen molar-refractivity contribution in [1.29, 1.82) is 0 Å². The first-order valence-corrected chi connectivity index (χ1v) is 8.13. The van der Waals surface area contributed by atoms with Crippen LogP contribution in [0.2, 0.25) is 0 Å². The molecular weight excluding hydrogens is 242 g/mol. The van der Waals surface area contributed by atoms with Crippen LogP contribution in [0.4, 0.5) is 0 Å². The fourth-order valence-electron chi connectivity index (χ4n) is 3.01. The lowest BCUT2D eigenvalue weighted by Crippen LogP contribution is -2.28. The minimum atomic E-state index is 0.573. The molecule has 1 aromatic rings. The van der Waals surface area contributed by atoms with E-state index in [9.17, 15) is 0 Å². The smallest absolute Gasteiger partial charge is 0.0142 e. The molecule has 1 atom stereocenters. The molecule has 1 N–H and O–H groups in total. The van der Waals surface area contributed by atoms with E-state index in [4.69, 9.17) is 0 Å². The Balaban J connectivity index is 1.93. The van der Waals surface area contributed by atoms with Gasteiger partial charge in [0.15, 0.2) is 0 Å². The van der Waals surface area contributed by atoms with Gasteiger partial charge in [0.2, 0.25) is 0 Å². The van der Waals surface area contributed by atoms with Crippen LogP contribution in [0.1, 0.15) is 63.0 Å². The third-order valence-electron chi connectivity index (χ3n) is 4.43. The zero-order chi connectivity index (χ0) is 14.4. The molecule has 20 heavy (non-hydrogen) atoms. The van der Waals surface area contributed by atoms with Crippen molar-refractivity contribution in [3.8, 4) is 0 Å². The van der Waals surface area contributed by atoms with E-state index < -0.39 is 0 Å². The van der Waals surface area contributed by atoms with Crippen LogP contribution in [0.15, 0.2) is 35.9 Å². The summed E-state index contributed by atoms with van der Waals surface area (Å²) in [5, 5.41) is 3.49. The third-order valence-corrected chi connectivity index (χ3v) is 4.43. The van der Waals surface area contributed by atoms with Crippen LogP contribution in [-0.2, 0) is 6.42 Å². The van der Waals surface area contributed by atoms with E-state index in [0.29, 0.717) is 12.0 Å². The average Bonchev–Trinajstić information content (AvgIpc) is 2.48. The van der Waals surface area contributed by atoms with Gasteiger partial charge in [-0.05, 0) is 62.6 Å². The monoisotopic (exact) mass is 271 g/mol. The van der Waals surface area contributed by atoms with Crippen molar-refractivity contribution in [2.75, 3.05) is 7.05 Å². The van der Waals surface area contributed by atoms with Crippen LogP contribution in [-0.4, -0.2) is 13.1 Å². The quantitative estimate of drug-likeness (QED) is 0.731. The van der Waals surface area contributed by atoms with Crippen LogP contribution in [0.3, 0.4) is 0 Å². The number of benzene rings is 1. The van der Waals surface area contributed by atoms with E-state index >= 15 is 0 Å².